The Kier molecular flexibility index (Phi) is 5.13. The maximum Gasteiger partial charge on any atom is 0.237 e. The highest BCUT2D eigenvalue weighted by atomic mass is 16.5. The Morgan fingerprint density at radius 3 is 2.89 bits per heavy atom. The van der Waals surface area contributed by atoms with Gasteiger partial charge in [0.25, 0.3) is 0 Å². The van der Waals surface area contributed by atoms with E-state index >= 15 is 0 Å². The summed E-state index contributed by atoms with van der Waals surface area (Å²) in [5, 5.41) is 9.79. The maximum absolute atomic E-state index is 12.7. The predicted octanol–water partition coefficient (Wildman–Crippen LogP) is 1.43. The van der Waals surface area contributed by atoms with Crippen LogP contribution in [0.3, 0.4) is 0 Å². The molecule has 1 aromatic carbocycles. The zero-order valence-corrected chi connectivity index (χ0v) is 15.6. The van der Waals surface area contributed by atoms with Crippen LogP contribution < -0.4 is 4.74 Å². The van der Waals surface area contributed by atoms with E-state index in [1.165, 1.54) is 0 Å². The fraction of sp³-hybridized carbons (Fsp3) is 0.500. The molecule has 7 nitrogen and oxygen atoms in total. The summed E-state index contributed by atoms with van der Waals surface area (Å²) < 4.78 is 5.20. The minimum absolute atomic E-state index is 0.121. The molecular weight excluding hydrogens is 344 g/mol. The molecule has 3 heterocycles. The average molecular weight is 370 g/mol. The predicted molar refractivity (Wildman–Crippen MR) is 101 cm³/mol. The number of ether oxygens (including phenoxy) is 1. The number of β-amino-alcohol motifs (C(OH)–C–C–N with tert-alkyl or cyclic N) is 1. The van der Waals surface area contributed by atoms with Crippen LogP contribution in [0.25, 0.3) is 11.4 Å². The summed E-state index contributed by atoms with van der Waals surface area (Å²) in [7, 11) is 1.65. The maximum atomic E-state index is 12.7. The van der Waals surface area contributed by atoms with Gasteiger partial charge in [0.2, 0.25) is 5.91 Å². The van der Waals surface area contributed by atoms with E-state index in [9.17, 15) is 9.90 Å². The number of carbonyl (C=O) groups excluding carboxylic acids is 1. The number of hydrogen-bond acceptors (Lipinski definition) is 5. The van der Waals surface area contributed by atoms with Crippen LogP contribution in [0.4, 0.5) is 0 Å². The Balaban J connectivity index is 1.42. The lowest BCUT2D eigenvalue weighted by Gasteiger charge is -2.32. The van der Waals surface area contributed by atoms with Crippen LogP contribution in [-0.4, -0.2) is 70.2 Å². The molecule has 0 saturated carbocycles. The summed E-state index contributed by atoms with van der Waals surface area (Å²) >= 11 is 0. The number of amides is 1. The third kappa shape index (κ3) is 3.99. The van der Waals surface area contributed by atoms with Gasteiger partial charge in [0.15, 0.2) is 0 Å². The number of H-pyrrole nitrogens is 1. The molecule has 2 N–H and O–H groups in total. The van der Waals surface area contributed by atoms with Crippen molar-refractivity contribution in [3.8, 4) is 17.1 Å². The van der Waals surface area contributed by atoms with E-state index in [1.54, 1.807) is 7.11 Å². The first-order chi connectivity index (χ1) is 13.1. The number of hydrogen-bond donors (Lipinski definition) is 2. The summed E-state index contributed by atoms with van der Waals surface area (Å²) in [6.07, 6.45) is 2.24. The van der Waals surface area contributed by atoms with E-state index in [0.29, 0.717) is 26.2 Å². The molecule has 4 rings (SSSR count). The quantitative estimate of drug-likeness (QED) is 0.851. The molecule has 1 amide bonds. The number of aliphatic hydroxyl groups is 1. The van der Waals surface area contributed by atoms with E-state index < -0.39 is 0 Å². The number of benzene rings is 1. The Hall–Kier alpha value is -2.38. The largest absolute Gasteiger partial charge is 0.497 e. The molecule has 1 unspecified atom stereocenters. The van der Waals surface area contributed by atoms with E-state index in [-0.39, 0.29) is 12.0 Å². The molecule has 27 heavy (non-hydrogen) atoms. The topological polar surface area (TPSA) is 81.7 Å². The zero-order chi connectivity index (χ0) is 18.8. The molecule has 2 aliphatic heterocycles. The number of fused-ring (bicyclic) bond motifs is 1. The van der Waals surface area contributed by atoms with Gasteiger partial charge in [-0.15, -0.1) is 0 Å². The van der Waals surface area contributed by atoms with Gasteiger partial charge in [0.05, 0.1) is 37.7 Å². The van der Waals surface area contributed by atoms with Crippen molar-refractivity contribution in [3.63, 3.8) is 0 Å². The number of likely N-dealkylation sites (tertiary alicyclic amines) is 1. The van der Waals surface area contributed by atoms with Crippen molar-refractivity contribution in [2.24, 2.45) is 0 Å². The second kappa shape index (κ2) is 7.70. The van der Waals surface area contributed by atoms with Crippen LogP contribution >= 0.6 is 0 Å². The summed E-state index contributed by atoms with van der Waals surface area (Å²) in [6, 6.07) is 7.79. The second-order valence-electron chi connectivity index (χ2n) is 7.34. The van der Waals surface area contributed by atoms with E-state index in [1.807, 2.05) is 29.2 Å². The van der Waals surface area contributed by atoms with Gasteiger partial charge in [-0.25, -0.2) is 4.98 Å². The Labute approximate surface area is 159 Å². The van der Waals surface area contributed by atoms with E-state index in [2.05, 4.69) is 9.88 Å². The van der Waals surface area contributed by atoms with Crippen molar-refractivity contribution in [2.45, 2.75) is 31.9 Å². The molecule has 0 spiro atoms. The molecule has 1 saturated heterocycles. The highest BCUT2D eigenvalue weighted by Crippen LogP contribution is 2.24. The van der Waals surface area contributed by atoms with Crippen LogP contribution in [0.15, 0.2) is 24.3 Å². The number of imidazole rings is 1. The lowest BCUT2D eigenvalue weighted by Crippen LogP contribution is -2.46. The van der Waals surface area contributed by atoms with Crippen molar-refractivity contribution in [2.75, 3.05) is 33.3 Å². The van der Waals surface area contributed by atoms with Crippen molar-refractivity contribution in [3.05, 3.63) is 35.7 Å². The monoisotopic (exact) mass is 370 g/mol. The lowest BCUT2D eigenvalue weighted by atomic mass is 10.1. The highest BCUT2D eigenvalue weighted by molar-refractivity contribution is 5.78. The number of aromatic amines is 1. The molecule has 2 aliphatic rings. The third-order valence-electron chi connectivity index (χ3n) is 5.39. The number of nitrogens with zero attached hydrogens (tertiary/aromatic N) is 3. The minimum Gasteiger partial charge on any atom is -0.497 e. The average Bonchev–Trinajstić information content (AvgIpc) is 3.11. The van der Waals surface area contributed by atoms with Crippen LogP contribution in [0.2, 0.25) is 0 Å². The first kappa shape index (κ1) is 18.0. The van der Waals surface area contributed by atoms with Crippen molar-refractivity contribution in [1.29, 1.82) is 0 Å². The molecule has 2 aromatic rings. The van der Waals surface area contributed by atoms with Gasteiger partial charge < -0.3 is 19.7 Å². The first-order valence-corrected chi connectivity index (χ1v) is 9.53. The van der Waals surface area contributed by atoms with Crippen LogP contribution in [-0.2, 0) is 17.8 Å². The molecule has 0 aliphatic carbocycles. The van der Waals surface area contributed by atoms with Crippen LogP contribution in [0.1, 0.15) is 24.2 Å². The highest BCUT2D eigenvalue weighted by Gasteiger charge is 2.26. The number of methoxy groups -OCH3 is 1. The molecule has 1 fully saturated rings. The van der Waals surface area contributed by atoms with Gasteiger partial charge >= 0.3 is 0 Å². The number of aromatic nitrogens is 2. The lowest BCUT2D eigenvalue weighted by molar-refractivity contribution is -0.134. The number of carbonyl (C=O) groups is 1. The van der Waals surface area contributed by atoms with Crippen molar-refractivity contribution < 1.29 is 14.6 Å². The Morgan fingerprint density at radius 2 is 2.15 bits per heavy atom. The first-order valence-electron chi connectivity index (χ1n) is 9.53. The molecular formula is C20H26N4O3. The zero-order valence-electron chi connectivity index (χ0n) is 15.6. The summed E-state index contributed by atoms with van der Waals surface area (Å²) in [6.45, 7) is 3.11. The van der Waals surface area contributed by atoms with Gasteiger partial charge in [0.1, 0.15) is 11.6 Å². The van der Waals surface area contributed by atoms with Crippen molar-refractivity contribution in [1.82, 2.24) is 19.8 Å². The summed E-state index contributed by atoms with van der Waals surface area (Å²) in [4.78, 5) is 24.7. The second-order valence-corrected chi connectivity index (χ2v) is 7.34. The Bertz CT molecular complexity index is 802. The number of nitrogens with one attached hydrogen (secondary N) is 1. The smallest absolute Gasteiger partial charge is 0.237 e. The molecule has 1 atom stereocenters. The normalized spacial score (nSPS) is 20.4. The van der Waals surface area contributed by atoms with Gasteiger partial charge in [0, 0.05) is 25.1 Å². The van der Waals surface area contributed by atoms with Crippen molar-refractivity contribution >= 4 is 5.91 Å². The standard InChI is InChI=1S/C20H26N4O3/c1-27-16-6-4-14(5-7-16)20-21-17-8-10-24(12-18(17)22-20)19(26)13-23-9-2-3-15(25)11-23/h4-7,15,25H,2-3,8-13H2,1H3,(H,21,22). The van der Waals surface area contributed by atoms with Gasteiger partial charge in [-0.3, -0.25) is 9.69 Å². The molecule has 7 heteroatoms. The molecule has 144 valence electrons. The van der Waals surface area contributed by atoms with Gasteiger partial charge in [-0.2, -0.15) is 0 Å². The van der Waals surface area contributed by atoms with Gasteiger partial charge in [-0.05, 0) is 43.7 Å². The SMILES string of the molecule is COc1ccc(-c2nc3c([nH]2)CN(C(=O)CN2CCCC(O)C2)CC3)cc1. The Morgan fingerprint density at radius 1 is 1.33 bits per heavy atom. The van der Waals surface area contributed by atoms with Crippen LogP contribution in [0, 0.1) is 0 Å². The fourth-order valence-electron chi connectivity index (χ4n) is 3.86. The number of aliphatic hydroxyl groups excluding tert-OH is 1. The number of piperidine rings is 1. The minimum atomic E-state index is -0.306. The van der Waals surface area contributed by atoms with E-state index in [4.69, 9.17) is 9.72 Å². The summed E-state index contributed by atoms with van der Waals surface area (Å²) in [5.74, 6) is 1.76. The molecule has 0 bridgehead atoms. The molecule has 1 aromatic heterocycles. The fourth-order valence-corrected chi connectivity index (χ4v) is 3.86. The molecule has 0 radical (unpaired) electrons. The van der Waals surface area contributed by atoms with E-state index in [0.717, 1.165) is 54.3 Å². The summed E-state index contributed by atoms with van der Waals surface area (Å²) in [5.41, 5.74) is 3.06. The third-order valence-corrected chi connectivity index (χ3v) is 5.39. The van der Waals surface area contributed by atoms with Crippen LogP contribution in [0.5, 0.6) is 5.75 Å². The number of rotatable bonds is 4. The van der Waals surface area contributed by atoms with Gasteiger partial charge in [-0.1, -0.05) is 0 Å².